The van der Waals surface area contributed by atoms with Crippen molar-refractivity contribution >= 4 is 12.1 Å². The van der Waals surface area contributed by atoms with Crippen LogP contribution in [0.1, 0.15) is 32.6 Å². The molecule has 1 amide bonds. The lowest BCUT2D eigenvalue weighted by Crippen LogP contribution is -2.41. The summed E-state index contributed by atoms with van der Waals surface area (Å²) in [6.45, 7) is 2.02. The highest BCUT2D eigenvalue weighted by Crippen LogP contribution is 2.42. The number of hydrogen-bond donors (Lipinski definition) is 1. The zero-order valence-corrected chi connectivity index (χ0v) is 15.6. The summed E-state index contributed by atoms with van der Waals surface area (Å²) in [5, 5.41) is 3.18. The molecule has 1 N–H and O–H groups in total. The van der Waals surface area contributed by atoms with E-state index in [-0.39, 0.29) is 5.91 Å². The number of rotatable bonds is 3. The van der Waals surface area contributed by atoms with Crippen molar-refractivity contribution < 1.29 is 19.1 Å². The molecule has 0 saturated carbocycles. The molecule has 1 atom stereocenters. The van der Waals surface area contributed by atoms with Crippen molar-refractivity contribution in [1.82, 2.24) is 5.32 Å². The van der Waals surface area contributed by atoms with Crippen LogP contribution in [0.3, 0.4) is 0 Å². The van der Waals surface area contributed by atoms with Crippen LogP contribution >= 0.6 is 0 Å². The fraction of sp³-hybridized carbons (Fsp3) is 0.130. The largest absolute Gasteiger partial charge is 0.513 e. The quantitative estimate of drug-likeness (QED) is 0.553. The van der Waals surface area contributed by atoms with Crippen LogP contribution in [-0.2, 0) is 10.3 Å². The molecule has 0 bridgehead atoms. The molecule has 1 heterocycles. The maximum absolute atomic E-state index is 12.7. The fourth-order valence-corrected chi connectivity index (χ4v) is 3.65. The Morgan fingerprint density at radius 1 is 0.893 bits per heavy atom. The fourth-order valence-electron chi connectivity index (χ4n) is 3.65. The van der Waals surface area contributed by atoms with Crippen LogP contribution in [0, 0.1) is 6.92 Å². The summed E-state index contributed by atoms with van der Waals surface area (Å²) in [7, 11) is 1.26. The maximum atomic E-state index is 12.7. The molecule has 0 fully saturated rings. The van der Waals surface area contributed by atoms with Crippen LogP contribution in [0.4, 0.5) is 4.79 Å². The van der Waals surface area contributed by atoms with E-state index in [1.54, 1.807) is 12.1 Å². The van der Waals surface area contributed by atoms with E-state index in [9.17, 15) is 9.59 Å². The average molecular weight is 373 g/mol. The Balaban J connectivity index is 1.87. The minimum Gasteiger partial charge on any atom is -0.437 e. The van der Waals surface area contributed by atoms with Gasteiger partial charge in [-0.1, -0.05) is 60.2 Å². The Morgan fingerprint density at radius 3 is 2.14 bits per heavy atom. The van der Waals surface area contributed by atoms with Gasteiger partial charge in [0.25, 0.3) is 5.91 Å². The highest BCUT2D eigenvalue weighted by molar-refractivity contribution is 6.01. The molecule has 0 saturated heterocycles. The predicted molar refractivity (Wildman–Crippen MR) is 104 cm³/mol. The van der Waals surface area contributed by atoms with Gasteiger partial charge in [-0.05, 0) is 41.8 Å². The molecule has 1 aliphatic heterocycles. The van der Waals surface area contributed by atoms with Gasteiger partial charge in [0, 0.05) is 5.56 Å². The first-order valence-corrected chi connectivity index (χ1v) is 8.90. The molecule has 3 aromatic carbocycles. The lowest BCUT2D eigenvalue weighted by molar-refractivity contribution is 0.0948. The van der Waals surface area contributed by atoms with Crippen LogP contribution < -0.4 is 10.1 Å². The van der Waals surface area contributed by atoms with Gasteiger partial charge >= 0.3 is 6.16 Å². The van der Waals surface area contributed by atoms with Gasteiger partial charge in [0.05, 0.1) is 7.11 Å². The number of fused-ring (bicyclic) bond motifs is 1. The minimum atomic E-state index is -0.814. The van der Waals surface area contributed by atoms with Crippen LogP contribution in [-0.4, -0.2) is 19.2 Å². The summed E-state index contributed by atoms with van der Waals surface area (Å²) < 4.78 is 9.60. The van der Waals surface area contributed by atoms with E-state index >= 15 is 0 Å². The highest BCUT2D eigenvalue weighted by Gasteiger charge is 2.45. The van der Waals surface area contributed by atoms with Crippen LogP contribution in [0.15, 0.2) is 72.8 Å². The van der Waals surface area contributed by atoms with E-state index < -0.39 is 11.7 Å². The van der Waals surface area contributed by atoms with Gasteiger partial charge in [-0.25, -0.2) is 4.79 Å². The lowest BCUT2D eigenvalue weighted by atomic mass is 9.78. The second-order valence-corrected chi connectivity index (χ2v) is 6.70. The molecule has 5 heteroatoms. The normalized spacial score (nSPS) is 17.6. The number of methoxy groups -OCH3 is 1. The summed E-state index contributed by atoms with van der Waals surface area (Å²) in [5.74, 6) is 0.248. The summed E-state index contributed by atoms with van der Waals surface area (Å²) in [5.41, 5.74) is 3.69. The van der Waals surface area contributed by atoms with E-state index in [1.165, 1.54) is 7.11 Å². The van der Waals surface area contributed by atoms with Gasteiger partial charge in [0.2, 0.25) is 0 Å². The Kier molecular flexibility index (Phi) is 4.35. The number of ether oxygens (including phenoxy) is 2. The Bertz CT molecular complexity index is 1040. The van der Waals surface area contributed by atoms with Gasteiger partial charge in [-0.2, -0.15) is 0 Å². The van der Waals surface area contributed by atoms with Gasteiger partial charge < -0.3 is 14.8 Å². The number of carbonyl (C=O) groups excluding carboxylic acids is 2. The van der Waals surface area contributed by atoms with Gasteiger partial charge in [0.1, 0.15) is 11.3 Å². The van der Waals surface area contributed by atoms with E-state index in [0.717, 1.165) is 22.3 Å². The van der Waals surface area contributed by atoms with Crippen LogP contribution in [0.25, 0.3) is 0 Å². The molecular weight excluding hydrogens is 354 g/mol. The van der Waals surface area contributed by atoms with Gasteiger partial charge in [0.15, 0.2) is 0 Å². The minimum absolute atomic E-state index is 0.119. The van der Waals surface area contributed by atoms with Crippen molar-refractivity contribution in [2.45, 2.75) is 12.5 Å². The molecule has 1 unspecified atom stereocenters. The molecule has 140 valence electrons. The SMILES string of the molecule is COC(=O)Oc1ccc(C2(c3ccc(C)cc3)NC(=O)c3ccccc32)cc1. The number of nitrogens with one attached hydrogen (secondary N) is 1. The van der Waals surface area contributed by atoms with E-state index in [0.29, 0.717) is 11.3 Å². The molecule has 4 rings (SSSR count). The zero-order chi connectivity index (χ0) is 19.7. The summed E-state index contributed by atoms with van der Waals surface area (Å²) >= 11 is 0. The zero-order valence-electron chi connectivity index (χ0n) is 15.6. The standard InChI is InChI=1S/C23H19NO4/c1-15-7-9-16(10-8-15)23(20-6-4-3-5-19(20)21(25)24-23)17-11-13-18(14-12-17)28-22(26)27-2/h3-14H,1-2H3,(H,24,25). The molecule has 0 aliphatic carbocycles. The molecule has 28 heavy (non-hydrogen) atoms. The van der Waals surface area contributed by atoms with Gasteiger partial charge in [-0.3, -0.25) is 4.79 Å². The molecular formula is C23H19NO4. The third-order valence-corrected chi connectivity index (χ3v) is 5.02. The monoisotopic (exact) mass is 373 g/mol. The third kappa shape index (κ3) is 2.81. The van der Waals surface area contributed by atoms with Crippen molar-refractivity contribution in [2.75, 3.05) is 7.11 Å². The average Bonchev–Trinajstić information content (AvgIpc) is 3.03. The van der Waals surface area contributed by atoms with Gasteiger partial charge in [-0.15, -0.1) is 0 Å². The molecule has 5 nitrogen and oxygen atoms in total. The third-order valence-electron chi connectivity index (χ3n) is 5.02. The number of carbonyl (C=O) groups is 2. The Morgan fingerprint density at radius 2 is 1.50 bits per heavy atom. The summed E-state index contributed by atoms with van der Waals surface area (Å²) in [6.07, 6.45) is -0.777. The number of hydrogen-bond acceptors (Lipinski definition) is 4. The maximum Gasteiger partial charge on any atom is 0.513 e. The van der Waals surface area contributed by atoms with E-state index in [2.05, 4.69) is 10.1 Å². The Labute approximate surface area is 162 Å². The van der Waals surface area contributed by atoms with Crippen molar-refractivity contribution in [1.29, 1.82) is 0 Å². The first-order chi connectivity index (χ1) is 13.5. The van der Waals surface area contributed by atoms with Crippen LogP contribution in [0.5, 0.6) is 5.75 Å². The molecule has 0 radical (unpaired) electrons. The smallest absolute Gasteiger partial charge is 0.437 e. The van der Waals surface area contributed by atoms with Crippen molar-refractivity contribution in [3.8, 4) is 5.75 Å². The first kappa shape index (κ1) is 17.8. The molecule has 0 spiro atoms. The summed E-state index contributed by atoms with van der Waals surface area (Å²) in [6, 6.07) is 22.8. The Hall–Kier alpha value is -3.60. The van der Waals surface area contributed by atoms with E-state index in [4.69, 9.17) is 4.74 Å². The van der Waals surface area contributed by atoms with Crippen molar-refractivity contribution in [3.05, 3.63) is 101 Å². The highest BCUT2D eigenvalue weighted by atomic mass is 16.7. The molecule has 3 aromatic rings. The lowest BCUT2D eigenvalue weighted by Gasteiger charge is -2.32. The number of amides is 1. The van der Waals surface area contributed by atoms with Crippen molar-refractivity contribution in [3.63, 3.8) is 0 Å². The molecule has 1 aliphatic rings. The van der Waals surface area contributed by atoms with Crippen LogP contribution in [0.2, 0.25) is 0 Å². The predicted octanol–water partition coefficient (Wildman–Crippen LogP) is 4.18. The first-order valence-electron chi connectivity index (χ1n) is 8.90. The number of benzene rings is 3. The second-order valence-electron chi connectivity index (χ2n) is 6.70. The van der Waals surface area contributed by atoms with Crippen molar-refractivity contribution in [2.24, 2.45) is 0 Å². The topological polar surface area (TPSA) is 64.6 Å². The molecule has 0 aromatic heterocycles. The second kappa shape index (κ2) is 6.85. The summed E-state index contributed by atoms with van der Waals surface area (Å²) in [4.78, 5) is 24.1. The van der Waals surface area contributed by atoms with E-state index in [1.807, 2.05) is 67.6 Å². The number of aryl methyl sites for hydroxylation is 1.